The zero-order valence-electron chi connectivity index (χ0n) is 10.6. The second kappa shape index (κ2) is 4.75. The van der Waals surface area contributed by atoms with Crippen LogP contribution in [-0.2, 0) is 10.2 Å². The predicted molar refractivity (Wildman–Crippen MR) is 70.9 cm³/mol. The van der Waals surface area contributed by atoms with E-state index in [1.54, 1.807) is 11.8 Å². The zero-order chi connectivity index (χ0) is 12.6. The van der Waals surface area contributed by atoms with Crippen molar-refractivity contribution in [2.75, 3.05) is 13.2 Å². The van der Waals surface area contributed by atoms with Crippen LogP contribution in [0.25, 0.3) is 0 Å². The van der Waals surface area contributed by atoms with E-state index in [9.17, 15) is 0 Å². The number of hydrogen-bond acceptors (Lipinski definition) is 4. The fourth-order valence-electron chi connectivity index (χ4n) is 1.36. The average Bonchev–Trinajstić information content (AvgIpc) is 2.15. The summed E-state index contributed by atoms with van der Waals surface area (Å²) in [5.74, 6) is 0.802. The highest BCUT2D eigenvalue weighted by molar-refractivity contribution is 8.00. The molecule has 0 saturated carbocycles. The molecule has 1 aliphatic heterocycles. The van der Waals surface area contributed by atoms with Crippen LogP contribution in [0.1, 0.15) is 32.2 Å². The number of hydrogen-bond donors (Lipinski definition) is 0. The molecular formula is C12H17ClN2OS. The molecule has 0 amide bonds. The molecule has 0 aliphatic carbocycles. The fourth-order valence-corrected chi connectivity index (χ4v) is 2.64. The van der Waals surface area contributed by atoms with E-state index in [0.717, 1.165) is 29.6 Å². The Morgan fingerprint density at radius 2 is 1.94 bits per heavy atom. The van der Waals surface area contributed by atoms with Gasteiger partial charge in [0.1, 0.15) is 16.0 Å². The summed E-state index contributed by atoms with van der Waals surface area (Å²) in [6.45, 7) is 9.85. The third-order valence-corrected chi connectivity index (χ3v) is 4.19. The molecule has 1 aliphatic rings. The highest BCUT2D eigenvalue weighted by Gasteiger charge is 2.25. The largest absolute Gasteiger partial charge is 0.379 e. The number of rotatable bonds is 2. The van der Waals surface area contributed by atoms with Crippen molar-refractivity contribution >= 4 is 23.4 Å². The van der Waals surface area contributed by atoms with Crippen LogP contribution in [0.2, 0.25) is 5.15 Å². The van der Waals surface area contributed by atoms with Crippen LogP contribution in [0.5, 0.6) is 0 Å². The van der Waals surface area contributed by atoms with Gasteiger partial charge in [-0.05, 0) is 6.92 Å². The van der Waals surface area contributed by atoms with Gasteiger partial charge < -0.3 is 4.74 Å². The summed E-state index contributed by atoms with van der Waals surface area (Å²) < 4.78 is 5.18. The molecule has 1 aromatic heterocycles. The molecular weight excluding hydrogens is 256 g/mol. The minimum absolute atomic E-state index is 0.0806. The first-order chi connectivity index (χ1) is 7.88. The van der Waals surface area contributed by atoms with Crippen molar-refractivity contribution in [2.45, 2.75) is 43.4 Å². The van der Waals surface area contributed by atoms with Crippen molar-refractivity contribution in [3.63, 3.8) is 0 Å². The SMILES string of the molecule is Cc1c(Cl)nc(C(C)(C)C)nc1SC1COC1. The van der Waals surface area contributed by atoms with E-state index in [1.165, 1.54) is 0 Å². The smallest absolute Gasteiger partial charge is 0.136 e. The van der Waals surface area contributed by atoms with E-state index in [-0.39, 0.29) is 5.41 Å². The number of ether oxygens (including phenoxy) is 1. The third kappa shape index (κ3) is 2.92. The molecule has 0 unspecified atom stereocenters. The van der Waals surface area contributed by atoms with Crippen molar-refractivity contribution in [1.82, 2.24) is 9.97 Å². The highest BCUT2D eigenvalue weighted by atomic mass is 35.5. The molecule has 0 N–H and O–H groups in total. The molecule has 1 aromatic rings. The summed E-state index contributed by atoms with van der Waals surface area (Å²) in [4.78, 5) is 9.00. The van der Waals surface area contributed by atoms with Crippen LogP contribution in [-0.4, -0.2) is 28.4 Å². The topological polar surface area (TPSA) is 35.0 Å². The number of halogens is 1. The van der Waals surface area contributed by atoms with Gasteiger partial charge in [-0.1, -0.05) is 44.1 Å². The van der Waals surface area contributed by atoms with E-state index in [0.29, 0.717) is 10.4 Å². The summed E-state index contributed by atoms with van der Waals surface area (Å²) in [6, 6.07) is 0. The fraction of sp³-hybridized carbons (Fsp3) is 0.667. The van der Waals surface area contributed by atoms with Gasteiger partial charge >= 0.3 is 0 Å². The van der Waals surface area contributed by atoms with Crippen LogP contribution < -0.4 is 0 Å². The van der Waals surface area contributed by atoms with Gasteiger partial charge in [0.25, 0.3) is 0 Å². The van der Waals surface area contributed by atoms with Crippen molar-refractivity contribution in [2.24, 2.45) is 0 Å². The summed E-state index contributed by atoms with van der Waals surface area (Å²) in [7, 11) is 0. The molecule has 2 heterocycles. The first kappa shape index (κ1) is 13.1. The van der Waals surface area contributed by atoms with E-state index < -0.39 is 0 Å². The van der Waals surface area contributed by atoms with Gasteiger partial charge in [0.05, 0.1) is 18.5 Å². The molecule has 94 valence electrons. The van der Waals surface area contributed by atoms with E-state index in [2.05, 4.69) is 30.7 Å². The molecule has 0 radical (unpaired) electrons. The average molecular weight is 273 g/mol. The van der Waals surface area contributed by atoms with Crippen LogP contribution >= 0.6 is 23.4 Å². The van der Waals surface area contributed by atoms with Gasteiger partial charge in [0, 0.05) is 11.0 Å². The Morgan fingerprint density at radius 1 is 1.29 bits per heavy atom. The summed E-state index contributed by atoms with van der Waals surface area (Å²) in [5.41, 5.74) is 0.888. The van der Waals surface area contributed by atoms with E-state index in [1.807, 2.05) is 6.92 Å². The Balaban J connectivity index is 2.32. The van der Waals surface area contributed by atoms with Gasteiger partial charge in [0.15, 0.2) is 0 Å². The van der Waals surface area contributed by atoms with Crippen LogP contribution in [0.15, 0.2) is 5.03 Å². The van der Waals surface area contributed by atoms with Gasteiger partial charge in [-0.15, -0.1) is 0 Å². The minimum atomic E-state index is -0.0806. The Morgan fingerprint density at radius 3 is 2.41 bits per heavy atom. The van der Waals surface area contributed by atoms with Crippen molar-refractivity contribution in [1.29, 1.82) is 0 Å². The van der Waals surface area contributed by atoms with Crippen molar-refractivity contribution < 1.29 is 4.74 Å². The van der Waals surface area contributed by atoms with Crippen LogP contribution in [0.3, 0.4) is 0 Å². The van der Waals surface area contributed by atoms with Gasteiger partial charge in [0.2, 0.25) is 0 Å². The molecule has 0 aromatic carbocycles. The monoisotopic (exact) mass is 272 g/mol. The number of thioether (sulfide) groups is 1. The summed E-state index contributed by atoms with van der Waals surface area (Å²) >= 11 is 7.91. The lowest BCUT2D eigenvalue weighted by atomic mass is 9.96. The summed E-state index contributed by atoms with van der Waals surface area (Å²) in [5, 5.41) is 2.06. The van der Waals surface area contributed by atoms with Crippen molar-refractivity contribution in [3.05, 3.63) is 16.5 Å². The molecule has 2 rings (SSSR count). The predicted octanol–water partition coefficient (Wildman–Crippen LogP) is 3.23. The zero-order valence-corrected chi connectivity index (χ0v) is 12.2. The lowest BCUT2D eigenvalue weighted by Gasteiger charge is -2.26. The quantitative estimate of drug-likeness (QED) is 0.775. The Bertz CT molecular complexity index is 427. The standard InChI is InChI=1S/C12H17ClN2OS/c1-7-9(13)14-11(12(2,3)4)15-10(7)17-8-5-16-6-8/h8H,5-6H2,1-4H3. The third-order valence-electron chi connectivity index (χ3n) is 2.60. The normalized spacial score (nSPS) is 17.0. The molecule has 5 heteroatoms. The van der Waals surface area contributed by atoms with E-state index >= 15 is 0 Å². The van der Waals surface area contributed by atoms with Crippen molar-refractivity contribution in [3.8, 4) is 0 Å². The van der Waals surface area contributed by atoms with Gasteiger partial charge in [-0.25, -0.2) is 9.97 Å². The number of nitrogens with zero attached hydrogens (tertiary/aromatic N) is 2. The van der Waals surface area contributed by atoms with E-state index in [4.69, 9.17) is 16.3 Å². The lowest BCUT2D eigenvalue weighted by molar-refractivity contribution is 0.0454. The maximum atomic E-state index is 6.17. The molecule has 1 fully saturated rings. The second-order valence-corrected chi connectivity index (χ2v) is 6.94. The maximum Gasteiger partial charge on any atom is 0.136 e. The minimum Gasteiger partial charge on any atom is -0.379 e. The molecule has 0 bridgehead atoms. The highest BCUT2D eigenvalue weighted by Crippen LogP contribution is 2.33. The van der Waals surface area contributed by atoms with Crippen LogP contribution in [0.4, 0.5) is 0 Å². The molecule has 17 heavy (non-hydrogen) atoms. The first-order valence-electron chi connectivity index (χ1n) is 5.67. The Kier molecular flexibility index (Phi) is 3.66. The summed E-state index contributed by atoms with van der Waals surface area (Å²) in [6.07, 6.45) is 0. The van der Waals surface area contributed by atoms with Gasteiger partial charge in [-0.2, -0.15) is 0 Å². The molecule has 1 saturated heterocycles. The first-order valence-corrected chi connectivity index (χ1v) is 6.92. The maximum absolute atomic E-state index is 6.17. The van der Waals surface area contributed by atoms with Crippen LogP contribution in [0, 0.1) is 6.92 Å². The van der Waals surface area contributed by atoms with Gasteiger partial charge in [-0.3, -0.25) is 0 Å². The Hall–Kier alpha value is -0.320. The number of aromatic nitrogens is 2. The Labute approximate surface area is 111 Å². The lowest BCUT2D eigenvalue weighted by Crippen LogP contribution is -2.30. The molecule has 0 spiro atoms. The second-order valence-electron chi connectivity index (χ2n) is 5.30. The molecule has 0 atom stereocenters. The molecule has 3 nitrogen and oxygen atoms in total.